The molecule has 312 valence electrons. The number of carbonyl (C=O) groups is 1. The van der Waals surface area contributed by atoms with Crippen molar-refractivity contribution in [2.75, 3.05) is 33.5 Å². The van der Waals surface area contributed by atoms with E-state index in [4.69, 9.17) is 19.7 Å². The van der Waals surface area contributed by atoms with Crippen molar-refractivity contribution in [1.29, 1.82) is 0 Å². The Morgan fingerprint density at radius 1 is 0.528 bits per heavy atom. The number of aliphatic hydroxyl groups is 2. The van der Waals surface area contributed by atoms with Crippen molar-refractivity contribution in [1.82, 2.24) is 0 Å². The van der Waals surface area contributed by atoms with Gasteiger partial charge in [-0.05, 0) is 148 Å². The Hall–Kier alpha value is -1.73. The standard InChI is InChI=1S/C25H46O3.C21H38O3.CH4/c26-22-18-15-13-11-9-7-5-3-1-2-4-6-8-10-12-14-16-19-23-27-25-21-17-20-24-28-25;1-24-21(23)19-17-15-13-11-9-7-5-3-2-4-6-8-10-12-14-16-18-20-22;/h7,9-10,12,25-26H,1-6,8,11,13-24H2;9-12,22H,2-8,13-20H2,1H3;1H4/b9-7-,12-10-;11-9-,12-10-;. The molecule has 0 amide bonds. The van der Waals surface area contributed by atoms with Crippen LogP contribution in [0.15, 0.2) is 48.6 Å². The molecule has 1 aliphatic heterocycles. The van der Waals surface area contributed by atoms with Gasteiger partial charge in [-0.1, -0.05) is 101 Å². The molecule has 0 bridgehead atoms. The molecule has 0 aromatic heterocycles. The van der Waals surface area contributed by atoms with Gasteiger partial charge in [-0.15, -0.1) is 0 Å². The van der Waals surface area contributed by atoms with E-state index in [0.29, 0.717) is 19.6 Å². The molecule has 2 N–H and O–H groups in total. The number of esters is 1. The molecule has 1 saturated heterocycles. The molecular formula is C47H88O6. The molecule has 1 aliphatic rings. The minimum atomic E-state index is -0.101. The van der Waals surface area contributed by atoms with Gasteiger partial charge in [-0.25, -0.2) is 0 Å². The van der Waals surface area contributed by atoms with Gasteiger partial charge in [0.1, 0.15) is 0 Å². The first-order valence-electron chi connectivity index (χ1n) is 21.9. The van der Waals surface area contributed by atoms with Gasteiger partial charge < -0.3 is 24.4 Å². The Balaban J connectivity index is 0. The van der Waals surface area contributed by atoms with Gasteiger partial charge in [-0.3, -0.25) is 4.79 Å². The predicted molar refractivity (Wildman–Crippen MR) is 228 cm³/mol. The molecule has 0 aromatic rings. The lowest BCUT2D eigenvalue weighted by Crippen LogP contribution is -2.22. The number of methoxy groups -OCH3 is 1. The van der Waals surface area contributed by atoms with Crippen LogP contribution in [0.25, 0.3) is 0 Å². The first-order valence-corrected chi connectivity index (χ1v) is 21.9. The zero-order chi connectivity index (χ0) is 37.7. The molecule has 53 heavy (non-hydrogen) atoms. The average molecular weight is 749 g/mol. The number of aliphatic hydroxyl groups excluding tert-OH is 2. The highest BCUT2D eigenvalue weighted by atomic mass is 16.7. The Bertz CT molecular complexity index is 814. The van der Waals surface area contributed by atoms with Crippen molar-refractivity contribution >= 4 is 5.97 Å². The molecule has 0 aliphatic carbocycles. The topological polar surface area (TPSA) is 85.2 Å². The predicted octanol–water partition coefficient (Wildman–Crippen LogP) is 13.5. The Kier molecular flexibility index (Phi) is 48.6. The molecule has 0 saturated carbocycles. The number of hydrogen-bond donors (Lipinski definition) is 2. The van der Waals surface area contributed by atoms with Crippen molar-refractivity contribution in [2.24, 2.45) is 0 Å². The lowest BCUT2D eigenvalue weighted by atomic mass is 10.1. The number of hydrogen-bond acceptors (Lipinski definition) is 6. The largest absolute Gasteiger partial charge is 0.469 e. The number of carbonyl (C=O) groups excluding carboxylic acids is 1. The van der Waals surface area contributed by atoms with Crippen LogP contribution in [0.4, 0.5) is 0 Å². The fourth-order valence-electron chi connectivity index (χ4n) is 6.03. The number of rotatable bonds is 36. The molecule has 1 rings (SSSR count). The van der Waals surface area contributed by atoms with Crippen LogP contribution in [-0.4, -0.2) is 56.0 Å². The third kappa shape index (κ3) is 46.3. The van der Waals surface area contributed by atoms with E-state index in [1.807, 2.05) is 0 Å². The van der Waals surface area contributed by atoms with Crippen LogP contribution < -0.4 is 0 Å². The minimum absolute atomic E-state index is 0. The van der Waals surface area contributed by atoms with Gasteiger partial charge in [0.15, 0.2) is 6.29 Å². The van der Waals surface area contributed by atoms with Crippen molar-refractivity contribution < 1.29 is 29.2 Å². The van der Waals surface area contributed by atoms with E-state index < -0.39 is 0 Å². The first-order chi connectivity index (χ1) is 25.7. The lowest BCUT2D eigenvalue weighted by molar-refractivity contribution is -0.162. The zero-order valence-corrected chi connectivity index (χ0v) is 34.0. The smallest absolute Gasteiger partial charge is 0.305 e. The van der Waals surface area contributed by atoms with Crippen LogP contribution in [0.2, 0.25) is 0 Å². The van der Waals surface area contributed by atoms with Gasteiger partial charge in [0.05, 0.1) is 7.11 Å². The number of allylic oxidation sites excluding steroid dienone is 8. The normalized spacial score (nSPS) is 14.7. The molecule has 0 spiro atoms. The molecule has 0 radical (unpaired) electrons. The second-order valence-electron chi connectivity index (χ2n) is 14.4. The average Bonchev–Trinajstić information content (AvgIpc) is 3.17. The van der Waals surface area contributed by atoms with Gasteiger partial charge >= 0.3 is 5.97 Å². The molecule has 6 nitrogen and oxygen atoms in total. The number of unbranched alkanes of at least 4 members (excludes halogenated alkanes) is 21. The molecule has 6 heteroatoms. The van der Waals surface area contributed by atoms with Crippen LogP contribution in [0.3, 0.4) is 0 Å². The summed E-state index contributed by atoms with van der Waals surface area (Å²) < 4.78 is 15.9. The van der Waals surface area contributed by atoms with Crippen LogP contribution in [0.5, 0.6) is 0 Å². The molecule has 1 fully saturated rings. The summed E-state index contributed by atoms with van der Waals surface area (Å²) >= 11 is 0. The van der Waals surface area contributed by atoms with Crippen molar-refractivity contribution in [2.45, 2.75) is 213 Å². The van der Waals surface area contributed by atoms with Gasteiger partial charge in [-0.2, -0.15) is 0 Å². The monoisotopic (exact) mass is 749 g/mol. The van der Waals surface area contributed by atoms with Crippen LogP contribution in [0, 0.1) is 0 Å². The van der Waals surface area contributed by atoms with E-state index in [1.54, 1.807) is 0 Å². The Labute approximate surface area is 329 Å². The summed E-state index contributed by atoms with van der Waals surface area (Å²) in [6.07, 6.45) is 55.0. The minimum Gasteiger partial charge on any atom is -0.469 e. The fourth-order valence-corrected chi connectivity index (χ4v) is 6.03. The Morgan fingerprint density at radius 2 is 0.887 bits per heavy atom. The van der Waals surface area contributed by atoms with Gasteiger partial charge in [0.25, 0.3) is 0 Å². The highest BCUT2D eigenvalue weighted by molar-refractivity contribution is 5.68. The SMILES string of the molecule is C.COC(=O)CCCC/C=C\CCCCCCC/C=C\CCCCO.OCCCCC/C=C\CCCCCCC/C=C\CCCCOC1CCCCO1. The maximum absolute atomic E-state index is 10.9. The summed E-state index contributed by atoms with van der Waals surface area (Å²) in [7, 11) is 1.44. The third-order valence-corrected chi connectivity index (χ3v) is 9.39. The second kappa shape index (κ2) is 48.3. The van der Waals surface area contributed by atoms with E-state index in [9.17, 15) is 4.79 Å². The van der Waals surface area contributed by atoms with E-state index in [1.165, 1.54) is 136 Å². The third-order valence-electron chi connectivity index (χ3n) is 9.39. The summed E-state index contributed by atoms with van der Waals surface area (Å²) in [6, 6.07) is 0. The van der Waals surface area contributed by atoms with E-state index in [0.717, 1.165) is 77.4 Å². The molecular weight excluding hydrogens is 661 g/mol. The highest BCUT2D eigenvalue weighted by Gasteiger charge is 2.13. The van der Waals surface area contributed by atoms with Crippen LogP contribution in [-0.2, 0) is 19.0 Å². The quantitative estimate of drug-likeness (QED) is 0.0377. The second-order valence-corrected chi connectivity index (χ2v) is 14.4. The van der Waals surface area contributed by atoms with Crippen LogP contribution in [0.1, 0.15) is 206 Å². The van der Waals surface area contributed by atoms with E-state index in [-0.39, 0.29) is 19.7 Å². The van der Waals surface area contributed by atoms with Crippen LogP contribution >= 0.6 is 0 Å². The first kappa shape index (κ1) is 53.4. The van der Waals surface area contributed by atoms with Crippen molar-refractivity contribution in [3.63, 3.8) is 0 Å². The highest BCUT2D eigenvalue weighted by Crippen LogP contribution is 2.15. The summed E-state index contributed by atoms with van der Waals surface area (Å²) in [4.78, 5) is 10.9. The van der Waals surface area contributed by atoms with Crippen molar-refractivity contribution in [3.05, 3.63) is 48.6 Å². The van der Waals surface area contributed by atoms with Gasteiger partial charge in [0.2, 0.25) is 0 Å². The zero-order valence-electron chi connectivity index (χ0n) is 34.0. The molecule has 1 atom stereocenters. The number of ether oxygens (including phenoxy) is 3. The van der Waals surface area contributed by atoms with Gasteiger partial charge in [0, 0.05) is 32.8 Å². The van der Waals surface area contributed by atoms with Crippen molar-refractivity contribution in [3.8, 4) is 0 Å². The molecule has 1 unspecified atom stereocenters. The summed E-state index contributed by atoms with van der Waals surface area (Å²) in [5.74, 6) is -0.101. The summed E-state index contributed by atoms with van der Waals surface area (Å²) in [5.41, 5.74) is 0. The summed E-state index contributed by atoms with van der Waals surface area (Å²) in [5, 5.41) is 17.4. The molecule has 1 heterocycles. The molecule has 0 aromatic carbocycles. The maximum atomic E-state index is 10.9. The summed E-state index contributed by atoms with van der Waals surface area (Å²) in [6.45, 7) is 2.37. The lowest BCUT2D eigenvalue weighted by Gasteiger charge is -2.22. The van der Waals surface area contributed by atoms with E-state index in [2.05, 4.69) is 53.3 Å². The Morgan fingerprint density at radius 3 is 1.28 bits per heavy atom. The fraction of sp³-hybridized carbons (Fsp3) is 0.809. The van der Waals surface area contributed by atoms with E-state index >= 15 is 0 Å². The maximum Gasteiger partial charge on any atom is 0.305 e.